The molecule has 0 spiro atoms. The second-order valence-electron chi connectivity index (χ2n) is 7.22. The van der Waals surface area contributed by atoms with Crippen LogP contribution in [0.4, 0.5) is 0 Å². The number of hydrogen-bond donors (Lipinski definition) is 0. The quantitative estimate of drug-likeness (QED) is 0.249. The lowest BCUT2D eigenvalue weighted by molar-refractivity contribution is -0.149. The Bertz CT molecular complexity index is 248. The molecule has 0 saturated heterocycles. The highest BCUT2D eigenvalue weighted by molar-refractivity contribution is 5.69. The molecule has 0 heterocycles. The van der Waals surface area contributed by atoms with E-state index in [2.05, 4.69) is 20.8 Å². The van der Waals surface area contributed by atoms with E-state index in [9.17, 15) is 4.79 Å². The Labute approximate surface area is 139 Å². The van der Waals surface area contributed by atoms with Gasteiger partial charge in [0.25, 0.3) is 0 Å². The fraction of sp³-hybridized carbons (Fsp3) is 0.950. The molecule has 0 radical (unpaired) electrons. The highest BCUT2D eigenvalue weighted by Gasteiger charge is 2.10. The lowest BCUT2D eigenvalue weighted by atomic mass is 10.0. The van der Waals surface area contributed by atoms with Crippen molar-refractivity contribution in [2.24, 2.45) is 5.92 Å². The molecule has 0 amide bonds. The van der Waals surface area contributed by atoms with Gasteiger partial charge in [-0.3, -0.25) is 4.79 Å². The number of ether oxygens (including phenoxy) is 1. The summed E-state index contributed by atoms with van der Waals surface area (Å²) in [5, 5.41) is 0. The minimum atomic E-state index is -0.0365. The largest absolute Gasteiger partial charge is 0.463 e. The van der Waals surface area contributed by atoms with Crippen LogP contribution in [0.25, 0.3) is 0 Å². The minimum absolute atomic E-state index is 0.0365. The number of esters is 1. The Morgan fingerprint density at radius 2 is 1.23 bits per heavy atom. The molecule has 0 aromatic heterocycles. The third-order valence-electron chi connectivity index (χ3n) is 4.12. The summed E-state index contributed by atoms with van der Waals surface area (Å²) >= 11 is 0. The maximum atomic E-state index is 11.5. The van der Waals surface area contributed by atoms with Crippen molar-refractivity contribution in [1.29, 1.82) is 0 Å². The van der Waals surface area contributed by atoms with Crippen LogP contribution >= 0.6 is 0 Å². The van der Waals surface area contributed by atoms with Gasteiger partial charge >= 0.3 is 5.97 Å². The van der Waals surface area contributed by atoms with Gasteiger partial charge in [-0.2, -0.15) is 0 Å². The first-order valence-corrected chi connectivity index (χ1v) is 9.75. The molecule has 2 nitrogen and oxygen atoms in total. The number of rotatable bonds is 15. The van der Waals surface area contributed by atoms with Gasteiger partial charge in [0.15, 0.2) is 0 Å². The van der Waals surface area contributed by atoms with Crippen molar-refractivity contribution in [2.45, 2.75) is 117 Å². The first-order valence-electron chi connectivity index (χ1n) is 9.75. The Hall–Kier alpha value is -0.530. The molecular formula is C20H40O2. The fourth-order valence-electron chi connectivity index (χ4n) is 2.76. The summed E-state index contributed by atoms with van der Waals surface area (Å²) < 4.78 is 5.41. The summed E-state index contributed by atoms with van der Waals surface area (Å²) in [5.41, 5.74) is 0. The highest BCUT2D eigenvalue weighted by Crippen LogP contribution is 2.13. The zero-order valence-corrected chi connectivity index (χ0v) is 15.7. The summed E-state index contributed by atoms with van der Waals surface area (Å²) in [6, 6.07) is 0. The average molecular weight is 313 g/mol. The van der Waals surface area contributed by atoms with Crippen molar-refractivity contribution < 1.29 is 9.53 Å². The van der Waals surface area contributed by atoms with Crippen LogP contribution in [0.3, 0.4) is 0 Å². The maximum absolute atomic E-state index is 11.5. The summed E-state index contributed by atoms with van der Waals surface area (Å²) in [4.78, 5) is 11.5. The molecule has 0 bridgehead atoms. The van der Waals surface area contributed by atoms with Crippen LogP contribution in [0.1, 0.15) is 111 Å². The molecular weight excluding hydrogens is 272 g/mol. The minimum Gasteiger partial charge on any atom is -0.463 e. The molecule has 0 saturated carbocycles. The maximum Gasteiger partial charge on any atom is 0.306 e. The lowest BCUT2D eigenvalue weighted by Gasteiger charge is -2.14. The van der Waals surface area contributed by atoms with E-state index >= 15 is 0 Å². The molecule has 0 N–H and O–H groups in total. The average Bonchev–Trinajstić information content (AvgIpc) is 2.43. The molecule has 0 aliphatic heterocycles. The first-order chi connectivity index (χ1) is 10.6. The van der Waals surface area contributed by atoms with Crippen molar-refractivity contribution in [3.8, 4) is 0 Å². The van der Waals surface area contributed by atoms with Gasteiger partial charge in [0.1, 0.15) is 0 Å². The molecule has 2 heteroatoms. The van der Waals surface area contributed by atoms with E-state index < -0.39 is 0 Å². The van der Waals surface area contributed by atoms with Gasteiger partial charge in [0, 0.05) is 6.42 Å². The number of unbranched alkanes of at least 4 members (excludes halogenated alkanes) is 10. The van der Waals surface area contributed by atoms with Gasteiger partial charge in [-0.1, -0.05) is 85.0 Å². The van der Waals surface area contributed by atoms with E-state index in [4.69, 9.17) is 4.74 Å². The van der Waals surface area contributed by atoms with E-state index in [1.165, 1.54) is 70.6 Å². The fourth-order valence-corrected chi connectivity index (χ4v) is 2.76. The van der Waals surface area contributed by atoms with E-state index in [1.54, 1.807) is 0 Å². The van der Waals surface area contributed by atoms with Crippen molar-refractivity contribution in [1.82, 2.24) is 0 Å². The van der Waals surface area contributed by atoms with Gasteiger partial charge in [-0.05, 0) is 25.7 Å². The zero-order valence-electron chi connectivity index (χ0n) is 15.7. The van der Waals surface area contributed by atoms with Gasteiger partial charge in [0.05, 0.1) is 6.10 Å². The monoisotopic (exact) mass is 312 g/mol. The van der Waals surface area contributed by atoms with Crippen molar-refractivity contribution in [2.75, 3.05) is 0 Å². The van der Waals surface area contributed by atoms with Gasteiger partial charge in [-0.25, -0.2) is 0 Å². The van der Waals surface area contributed by atoms with Crippen LogP contribution < -0.4 is 0 Å². The summed E-state index contributed by atoms with van der Waals surface area (Å²) in [5.74, 6) is 0.354. The molecule has 0 aromatic rings. The third kappa shape index (κ3) is 15.9. The Balaban J connectivity index is 3.26. The third-order valence-corrected chi connectivity index (χ3v) is 4.12. The lowest BCUT2D eigenvalue weighted by Crippen LogP contribution is -2.16. The smallest absolute Gasteiger partial charge is 0.306 e. The first kappa shape index (κ1) is 21.5. The van der Waals surface area contributed by atoms with Crippen LogP contribution in [0, 0.1) is 5.92 Å². The molecule has 0 rings (SSSR count). The van der Waals surface area contributed by atoms with Crippen molar-refractivity contribution >= 4 is 5.97 Å². The predicted molar refractivity (Wildman–Crippen MR) is 96.1 cm³/mol. The number of carbonyl (C=O) groups excluding carboxylic acids is 1. The molecule has 0 aromatic carbocycles. The molecule has 132 valence electrons. The standard InChI is InChI=1S/C20H40O2/c1-5-6-7-8-9-10-11-12-13-14-15-16-19(4)22-20(21)17-18(2)3/h18-19H,5-17H2,1-4H3. The van der Waals surface area contributed by atoms with Crippen molar-refractivity contribution in [3.05, 3.63) is 0 Å². The van der Waals surface area contributed by atoms with Gasteiger partial charge in [-0.15, -0.1) is 0 Å². The normalized spacial score (nSPS) is 12.6. The summed E-state index contributed by atoms with van der Waals surface area (Å²) in [6.07, 6.45) is 16.6. The van der Waals surface area contributed by atoms with Gasteiger partial charge < -0.3 is 4.74 Å². The number of carbonyl (C=O) groups is 1. The van der Waals surface area contributed by atoms with Crippen LogP contribution in [-0.4, -0.2) is 12.1 Å². The SMILES string of the molecule is CCCCCCCCCCCCCC(C)OC(=O)CC(C)C. The molecule has 1 atom stereocenters. The van der Waals surface area contributed by atoms with E-state index in [-0.39, 0.29) is 12.1 Å². The second-order valence-corrected chi connectivity index (χ2v) is 7.22. The van der Waals surface area contributed by atoms with Crippen LogP contribution in [-0.2, 0) is 9.53 Å². The Kier molecular flexibility index (Phi) is 15.0. The second kappa shape index (κ2) is 15.4. The topological polar surface area (TPSA) is 26.3 Å². The molecule has 22 heavy (non-hydrogen) atoms. The van der Waals surface area contributed by atoms with Crippen LogP contribution in [0.15, 0.2) is 0 Å². The molecule has 0 fully saturated rings. The van der Waals surface area contributed by atoms with E-state index in [0.717, 1.165) is 6.42 Å². The Morgan fingerprint density at radius 3 is 1.68 bits per heavy atom. The summed E-state index contributed by atoms with van der Waals surface area (Å²) in [6.45, 7) is 8.39. The van der Waals surface area contributed by atoms with E-state index in [1.807, 2.05) is 6.92 Å². The predicted octanol–water partition coefficient (Wildman–Crippen LogP) is 6.67. The van der Waals surface area contributed by atoms with Gasteiger partial charge in [0.2, 0.25) is 0 Å². The van der Waals surface area contributed by atoms with E-state index in [0.29, 0.717) is 12.3 Å². The highest BCUT2D eigenvalue weighted by atomic mass is 16.5. The Morgan fingerprint density at radius 1 is 0.773 bits per heavy atom. The van der Waals surface area contributed by atoms with Crippen LogP contribution in [0.2, 0.25) is 0 Å². The summed E-state index contributed by atoms with van der Waals surface area (Å²) in [7, 11) is 0. The zero-order chi connectivity index (χ0) is 16.6. The molecule has 0 aliphatic carbocycles. The number of hydrogen-bond acceptors (Lipinski definition) is 2. The molecule has 1 unspecified atom stereocenters. The van der Waals surface area contributed by atoms with Crippen LogP contribution in [0.5, 0.6) is 0 Å². The molecule has 0 aliphatic rings. The van der Waals surface area contributed by atoms with Crippen molar-refractivity contribution in [3.63, 3.8) is 0 Å².